The molecule has 7 heteroatoms. The Hall–Kier alpha value is -3.61. The van der Waals surface area contributed by atoms with Gasteiger partial charge in [-0.3, -0.25) is 0 Å². The monoisotopic (exact) mass is 332 g/mol. The number of aromatic amines is 1. The molecule has 4 aromatic rings. The predicted octanol–water partition coefficient (Wildman–Crippen LogP) is 2.63. The fraction of sp³-hybridized carbons (Fsp3) is 0.0556. The molecule has 0 saturated carbocycles. The van der Waals surface area contributed by atoms with Crippen LogP contribution in [0.2, 0.25) is 0 Å². The number of H-pyrrole nitrogens is 1. The lowest BCUT2D eigenvalue weighted by molar-refractivity contribution is 0.297. The van der Waals surface area contributed by atoms with Crippen molar-refractivity contribution in [3.8, 4) is 28.4 Å². The fourth-order valence-corrected chi connectivity index (χ4v) is 2.50. The summed E-state index contributed by atoms with van der Waals surface area (Å²) in [6.07, 6.45) is 3.27. The van der Waals surface area contributed by atoms with Crippen molar-refractivity contribution in [3.05, 3.63) is 72.9 Å². The largest absolute Gasteiger partial charge is 0.486 e. The molecule has 0 spiro atoms. The van der Waals surface area contributed by atoms with E-state index in [-0.39, 0.29) is 0 Å². The average molecular weight is 332 g/mol. The van der Waals surface area contributed by atoms with Gasteiger partial charge in [-0.15, -0.1) is 10.2 Å². The Kier molecular flexibility index (Phi) is 3.88. The minimum absolute atomic E-state index is 0.387. The molecule has 2 aromatic heterocycles. The molecule has 0 bridgehead atoms. The molecule has 2 aromatic carbocycles. The van der Waals surface area contributed by atoms with Crippen LogP contribution < -0.4 is 10.6 Å². The Morgan fingerprint density at radius 1 is 1.00 bits per heavy atom. The average Bonchev–Trinajstić information content (AvgIpc) is 3.30. The van der Waals surface area contributed by atoms with E-state index in [4.69, 9.17) is 10.6 Å². The van der Waals surface area contributed by atoms with Gasteiger partial charge in [0.2, 0.25) is 0 Å². The number of nitrogens with two attached hydrogens (primary N) is 1. The number of rotatable bonds is 5. The number of ether oxygens (including phenoxy) is 1. The summed E-state index contributed by atoms with van der Waals surface area (Å²) in [5.41, 5.74) is 2.84. The summed E-state index contributed by atoms with van der Waals surface area (Å²) < 4.78 is 7.09. The number of nitrogens with zero attached hydrogens (tertiary/aromatic N) is 4. The zero-order valence-electron chi connectivity index (χ0n) is 13.3. The van der Waals surface area contributed by atoms with E-state index in [0.29, 0.717) is 12.4 Å². The number of nitrogens with one attached hydrogen (secondary N) is 1. The van der Waals surface area contributed by atoms with Crippen molar-refractivity contribution in [1.29, 1.82) is 0 Å². The molecule has 0 amide bonds. The summed E-state index contributed by atoms with van der Waals surface area (Å²) in [4.78, 5) is 7.64. The lowest BCUT2D eigenvalue weighted by Gasteiger charge is -2.04. The van der Waals surface area contributed by atoms with Crippen LogP contribution in [-0.4, -0.2) is 24.8 Å². The van der Waals surface area contributed by atoms with Gasteiger partial charge in [0.1, 0.15) is 24.5 Å². The summed E-state index contributed by atoms with van der Waals surface area (Å²) in [7, 11) is 0. The van der Waals surface area contributed by atoms with E-state index < -0.39 is 0 Å². The number of aromatic nitrogens is 5. The van der Waals surface area contributed by atoms with Gasteiger partial charge in [0.05, 0.1) is 11.9 Å². The first-order chi connectivity index (χ1) is 12.3. The van der Waals surface area contributed by atoms with Crippen LogP contribution in [-0.2, 0) is 6.61 Å². The highest BCUT2D eigenvalue weighted by Gasteiger charge is 2.07. The molecule has 0 aliphatic carbocycles. The van der Waals surface area contributed by atoms with Crippen molar-refractivity contribution in [2.75, 3.05) is 5.84 Å². The molecular weight excluding hydrogens is 316 g/mol. The number of hydrogen-bond acceptors (Lipinski definition) is 5. The Morgan fingerprint density at radius 2 is 1.76 bits per heavy atom. The highest BCUT2D eigenvalue weighted by atomic mass is 16.5. The molecule has 4 rings (SSSR count). The van der Waals surface area contributed by atoms with Crippen LogP contribution in [0.25, 0.3) is 22.6 Å². The van der Waals surface area contributed by atoms with Crippen LogP contribution in [0.1, 0.15) is 5.82 Å². The summed E-state index contributed by atoms with van der Waals surface area (Å²) in [6, 6.07) is 17.5. The number of para-hydroxylation sites is 1. The first kappa shape index (κ1) is 14.9. The molecule has 0 fully saturated rings. The molecule has 0 aliphatic heterocycles. The molecule has 3 N–H and O–H groups in total. The van der Waals surface area contributed by atoms with Crippen molar-refractivity contribution >= 4 is 0 Å². The van der Waals surface area contributed by atoms with Crippen LogP contribution >= 0.6 is 0 Å². The summed E-state index contributed by atoms with van der Waals surface area (Å²) >= 11 is 0. The van der Waals surface area contributed by atoms with Crippen LogP contribution in [0.15, 0.2) is 67.1 Å². The van der Waals surface area contributed by atoms with Crippen LogP contribution in [0.4, 0.5) is 0 Å². The van der Waals surface area contributed by atoms with E-state index in [9.17, 15) is 0 Å². The molecule has 0 saturated heterocycles. The molecule has 0 radical (unpaired) electrons. The quantitative estimate of drug-likeness (QED) is 0.548. The van der Waals surface area contributed by atoms with Crippen molar-refractivity contribution in [2.24, 2.45) is 0 Å². The van der Waals surface area contributed by atoms with Gasteiger partial charge in [-0.2, -0.15) is 0 Å². The van der Waals surface area contributed by atoms with E-state index in [1.807, 2.05) is 54.6 Å². The van der Waals surface area contributed by atoms with Gasteiger partial charge < -0.3 is 15.6 Å². The van der Waals surface area contributed by atoms with Crippen LogP contribution in [0, 0.1) is 0 Å². The van der Waals surface area contributed by atoms with Gasteiger partial charge >= 0.3 is 0 Å². The van der Waals surface area contributed by atoms with Gasteiger partial charge in [0.15, 0.2) is 5.82 Å². The Balaban J connectivity index is 1.47. The molecule has 0 unspecified atom stereocenters. The normalized spacial score (nSPS) is 10.7. The second-order valence-corrected chi connectivity index (χ2v) is 5.48. The molecule has 124 valence electrons. The third kappa shape index (κ3) is 3.20. The van der Waals surface area contributed by atoms with Gasteiger partial charge in [0, 0.05) is 5.56 Å². The lowest BCUT2D eigenvalue weighted by atomic mass is 10.1. The smallest absolute Gasteiger partial charge is 0.182 e. The van der Waals surface area contributed by atoms with E-state index in [1.54, 1.807) is 6.20 Å². The topological polar surface area (TPSA) is 94.6 Å². The Morgan fingerprint density at radius 3 is 2.48 bits per heavy atom. The molecule has 0 atom stereocenters. The molecule has 7 nitrogen and oxygen atoms in total. The summed E-state index contributed by atoms with van der Waals surface area (Å²) in [5, 5.41) is 7.78. The SMILES string of the molecule is Nn1cnnc1-c1ccc(-c2cnc(COc3ccccc3)[nH]2)cc1. The zero-order valence-corrected chi connectivity index (χ0v) is 13.3. The third-order valence-electron chi connectivity index (χ3n) is 3.77. The maximum atomic E-state index is 5.77. The number of hydrogen-bond donors (Lipinski definition) is 2. The third-order valence-corrected chi connectivity index (χ3v) is 3.77. The number of nitrogen functional groups attached to an aromatic ring is 1. The van der Waals surface area contributed by atoms with Gasteiger partial charge in [0.25, 0.3) is 0 Å². The number of imidazole rings is 1. The van der Waals surface area contributed by atoms with E-state index in [0.717, 1.165) is 28.4 Å². The van der Waals surface area contributed by atoms with Crippen molar-refractivity contribution in [3.63, 3.8) is 0 Å². The second kappa shape index (κ2) is 6.48. The second-order valence-electron chi connectivity index (χ2n) is 5.48. The first-order valence-corrected chi connectivity index (χ1v) is 7.77. The van der Waals surface area contributed by atoms with Crippen LogP contribution in [0.3, 0.4) is 0 Å². The highest BCUT2D eigenvalue weighted by Crippen LogP contribution is 2.22. The van der Waals surface area contributed by atoms with Crippen molar-refractivity contribution < 1.29 is 4.74 Å². The minimum atomic E-state index is 0.387. The molecule has 0 aliphatic rings. The van der Waals surface area contributed by atoms with E-state index >= 15 is 0 Å². The molecule has 25 heavy (non-hydrogen) atoms. The Labute approximate surface area is 144 Å². The van der Waals surface area contributed by atoms with E-state index in [2.05, 4.69) is 20.2 Å². The number of benzene rings is 2. The van der Waals surface area contributed by atoms with Gasteiger partial charge in [-0.1, -0.05) is 42.5 Å². The molecule has 2 heterocycles. The predicted molar refractivity (Wildman–Crippen MR) is 94.0 cm³/mol. The van der Waals surface area contributed by atoms with Gasteiger partial charge in [-0.25, -0.2) is 9.66 Å². The van der Waals surface area contributed by atoms with Crippen LogP contribution in [0.5, 0.6) is 5.75 Å². The summed E-state index contributed by atoms with van der Waals surface area (Å²) in [6.45, 7) is 0.387. The van der Waals surface area contributed by atoms with Crippen molar-refractivity contribution in [2.45, 2.75) is 6.61 Å². The lowest BCUT2D eigenvalue weighted by Crippen LogP contribution is -2.08. The summed E-state index contributed by atoms with van der Waals surface area (Å²) in [5.74, 6) is 7.97. The van der Waals surface area contributed by atoms with Gasteiger partial charge in [-0.05, 0) is 17.7 Å². The molecular formula is C18H16N6O. The Bertz CT molecular complexity index is 959. The minimum Gasteiger partial charge on any atom is -0.486 e. The van der Waals surface area contributed by atoms with E-state index in [1.165, 1.54) is 11.0 Å². The maximum absolute atomic E-state index is 5.77. The first-order valence-electron chi connectivity index (χ1n) is 7.77. The maximum Gasteiger partial charge on any atom is 0.182 e. The highest BCUT2D eigenvalue weighted by molar-refractivity contribution is 5.64. The zero-order chi connectivity index (χ0) is 17.1. The van der Waals surface area contributed by atoms with Crippen molar-refractivity contribution in [1.82, 2.24) is 24.8 Å². The standard InChI is InChI=1S/C18H16N6O/c19-24-12-21-23-18(24)14-8-6-13(7-9-14)16-10-20-17(22-16)11-25-15-4-2-1-3-5-15/h1-10,12H,11,19H2,(H,20,22). The fourth-order valence-electron chi connectivity index (χ4n) is 2.50.